The Morgan fingerprint density at radius 3 is 2.35 bits per heavy atom. The quantitative estimate of drug-likeness (QED) is 0.484. The molecule has 7 nitrogen and oxygen atoms in total. The molecule has 0 atom stereocenters. The maximum absolute atomic E-state index is 12.2. The number of nitrogens with one attached hydrogen (secondary N) is 1. The monoisotopic (exact) mass is 432 g/mol. The lowest BCUT2D eigenvalue weighted by molar-refractivity contribution is -0.120. The molecule has 156 valence electrons. The van der Waals surface area contributed by atoms with E-state index >= 15 is 0 Å². The van der Waals surface area contributed by atoms with E-state index in [0.29, 0.717) is 24.4 Å². The number of hydrogen-bond donors (Lipinski definition) is 1. The molecule has 0 fully saturated rings. The van der Waals surface area contributed by atoms with Crippen molar-refractivity contribution in [3.63, 3.8) is 0 Å². The molecule has 1 amide bonds. The normalized spacial score (nSPS) is 10.8. The van der Waals surface area contributed by atoms with Gasteiger partial charge < -0.3 is 5.32 Å². The number of aryl methyl sites for hydroxylation is 1. The molecule has 1 N–H and O–H groups in total. The number of pyridine rings is 1. The first-order chi connectivity index (χ1) is 15.0. The third-order valence-corrected chi connectivity index (χ3v) is 4.96. The minimum atomic E-state index is -0.0624. The first kappa shape index (κ1) is 20.7. The van der Waals surface area contributed by atoms with E-state index in [1.165, 1.54) is 0 Å². The van der Waals surface area contributed by atoms with Crippen LogP contribution in [0.3, 0.4) is 0 Å². The molecule has 0 spiro atoms. The van der Waals surface area contributed by atoms with Crippen LogP contribution in [-0.4, -0.2) is 30.6 Å². The van der Waals surface area contributed by atoms with Crippen LogP contribution in [0.2, 0.25) is 5.02 Å². The number of hydrogen-bond acceptors (Lipinski definition) is 5. The molecule has 4 rings (SSSR count). The van der Waals surface area contributed by atoms with Crippen LogP contribution in [0.4, 0.5) is 0 Å². The van der Waals surface area contributed by atoms with Crippen LogP contribution < -0.4 is 5.32 Å². The molecular formula is C23H21ClN6O. The average Bonchev–Trinajstić information content (AvgIpc) is 3.19. The van der Waals surface area contributed by atoms with Gasteiger partial charge in [0.1, 0.15) is 5.82 Å². The highest BCUT2D eigenvalue weighted by Gasteiger charge is 2.07. The summed E-state index contributed by atoms with van der Waals surface area (Å²) in [5.74, 6) is 0.688. The molecule has 3 aromatic heterocycles. The lowest BCUT2D eigenvalue weighted by Crippen LogP contribution is -2.24. The van der Waals surface area contributed by atoms with Crippen molar-refractivity contribution in [2.75, 3.05) is 0 Å². The van der Waals surface area contributed by atoms with Crippen molar-refractivity contribution < 1.29 is 4.79 Å². The van der Waals surface area contributed by atoms with Gasteiger partial charge in [-0.15, -0.1) is 0 Å². The first-order valence-electron chi connectivity index (χ1n) is 9.80. The number of rotatable bonds is 7. The van der Waals surface area contributed by atoms with Crippen LogP contribution in [0, 0.1) is 0 Å². The fourth-order valence-electron chi connectivity index (χ4n) is 3.10. The summed E-state index contributed by atoms with van der Waals surface area (Å²) in [7, 11) is 1.89. The lowest BCUT2D eigenvalue weighted by atomic mass is 10.0. The number of nitrogens with zero attached hydrogens (tertiary/aromatic N) is 5. The van der Waals surface area contributed by atoms with E-state index in [2.05, 4.69) is 25.4 Å². The molecule has 3 heterocycles. The number of amides is 1. The second-order valence-electron chi connectivity index (χ2n) is 7.21. The highest BCUT2D eigenvalue weighted by atomic mass is 35.5. The SMILES string of the molecule is Cn1cc(Cc2ncc(-c3ccc(CC(=O)NCc4ccc(Cl)cn4)cc3)cn2)cn1. The summed E-state index contributed by atoms with van der Waals surface area (Å²) in [5, 5.41) is 7.60. The number of halogens is 1. The molecule has 0 aliphatic carbocycles. The molecule has 0 saturated carbocycles. The Hall–Kier alpha value is -3.58. The molecule has 0 aliphatic heterocycles. The van der Waals surface area contributed by atoms with Crippen molar-refractivity contribution in [2.45, 2.75) is 19.4 Å². The summed E-state index contributed by atoms with van der Waals surface area (Å²) in [4.78, 5) is 25.3. The molecular weight excluding hydrogens is 412 g/mol. The van der Waals surface area contributed by atoms with Gasteiger partial charge in [0, 0.05) is 43.8 Å². The van der Waals surface area contributed by atoms with Gasteiger partial charge >= 0.3 is 0 Å². The zero-order valence-electron chi connectivity index (χ0n) is 17.0. The first-order valence-corrected chi connectivity index (χ1v) is 10.2. The van der Waals surface area contributed by atoms with Crippen molar-refractivity contribution in [3.8, 4) is 11.1 Å². The van der Waals surface area contributed by atoms with Crippen LogP contribution in [0.15, 0.2) is 67.4 Å². The van der Waals surface area contributed by atoms with Gasteiger partial charge in [0.25, 0.3) is 0 Å². The second-order valence-corrected chi connectivity index (χ2v) is 7.64. The maximum atomic E-state index is 12.2. The molecule has 0 bridgehead atoms. The predicted octanol–water partition coefficient (Wildman–Crippen LogP) is 3.38. The Balaban J connectivity index is 1.32. The number of carbonyl (C=O) groups is 1. The summed E-state index contributed by atoms with van der Waals surface area (Å²) in [6.07, 6.45) is 9.92. The molecule has 1 aromatic carbocycles. The Morgan fingerprint density at radius 2 is 1.71 bits per heavy atom. The maximum Gasteiger partial charge on any atom is 0.224 e. The van der Waals surface area contributed by atoms with Crippen molar-refractivity contribution in [1.29, 1.82) is 0 Å². The topological polar surface area (TPSA) is 85.6 Å². The van der Waals surface area contributed by atoms with Crippen LogP contribution in [0.1, 0.15) is 22.6 Å². The molecule has 4 aromatic rings. The van der Waals surface area contributed by atoms with Crippen LogP contribution in [0.5, 0.6) is 0 Å². The molecule has 0 saturated heterocycles. The van der Waals surface area contributed by atoms with Gasteiger partial charge in [-0.05, 0) is 28.8 Å². The summed E-state index contributed by atoms with van der Waals surface area (Å²) in [6.45, 7) is 0.372. The van der Waals surface area contributed by atoms with E-state index in [0.717, 1.165) is 33.8 Å². The van der Waals surface area contributed by atoms with Gasteiger partial charge in [-0.2, -0.15) is 5.10 Å². The third kappa shape index (κ3) is 5.73. The third-order valence-electron chi connectivity index (χ3n) is 4.73. The standard InChI is InChI=1S/C23H21ClN6O/c1-30-15-17(10-29-30)8-22-26-11-19(12-27-22)18-4-2-16(3-5-18)9-23(31)28-14-21-7-6-20(24)13-25-21/h2-7,10-13,15H,8-9,14H2,1H3,(H,28,31). The highest BCUT2D eigenvalue weighted by Crippen LogP contribution is 2.19. The van der Waals surface area contributed by atoms with Crippen molar-refractivity contribution in [3.05, 3.63) is 95.1 Å². The van der Waals surface area contributed by atoms with Gasteiger partial charge in [-0.3, -0.25) is 14.5 Å². The smallest absolute Gasteiger partial charge is 0.224 e. The van der Waals surface area contributed by atoms with Crippen molar-refractivity contribution in [1.82, 2.24) is 30.0 Å². The fraction of sp³-hybridized carbons (Fsp3) is 0.174. The van der Waals surface area contributed by atoms with Gasteiger partial charge in [0.05, 0.1) is 29.9 Å². The number of carbonyl (C=O) groups excluding carboxylic acids is 1. The second kappa shape index (κ2) is 9.49. The highest BCUT2D eigenvalue weighted by molar-refractivity contribution is 6.30. The van der Waals surface area contributed by atoms with E-state index in [1.807, 2.05) is 56.1 Å². The molecule has 31 heavy (non-hydrogen) atoms. The Kier molecular flexibility index (Phi) is 6.33. The van der Waals surface area contributed by atoms with E-state index in [4.69, 9.17) is 11.6 Å². The fourth-order valence-corrected chi connectivity index (χ4v) is 3.22. The van der Waals surface area contributed by atoms with Crippen LogP contribution in [0.25, 0.3) is 11.1 Å². The Bertz CT molecular complexity index is 1150. The Morgan fingerprint density at radius 1 is 0.935 bits per heavy atom. The summed E-state index contributed by atoms with van der Waals surface area (Å²) in [5.41, 5.74) is 4.70. The van der Waals surface area contributed by atoms with E-state index in [9.17, 15) is 4.79 Å². The zero-order valence-corrected chi connectivity index (χ0v) is 17.8. The van der Waals surface area contributed by atoms with Crippen LogP contribution in [-0.2, 0) is 31.2 Å². The van der Waals surface area contributed by atoms with Crippen molar-refractivity contribution in [2.24, 2.45) is 7.05 Å². The minimum absolute atomic E-state index is 0.0624. The van der Waals surface area contributed by atoms with E-state index in [1.54, 1.807) is 23.0 Å². The van der Waals surface area contributed by atoms with E-state index in [-0.39, 0.29) is 5.91 Å². The molecule has 8 heteroatoms. The van der Waals surface area contributed by atoms with Crippen LogP contribution >= 0.6 is 11.6 Å². The van der Waals surface area contributed by atoms with Gasteiger partial charge in [-0.25, -0.2) is 9.97 Å². The predicted molar refractivity (Wildman–Crippen MR) is 118 cm³/mol. The molecule has 0 aliphatic rings. The lowest BCUT2D eigenvalue weighted by Gasteiger charge is -2.07. The average molecular weight is 433 g/mol. The number of aromatic nitrogens is 5. The van der Waals surface area contributed by atoms with Gasteiger partial charge in [-0.1, -0.05) is 35.9 Å². The summed E-state index contributed by atoms with van der Waals surface area (Å²) < 4.78 is 1.76. The van der Waals surface area contributed by atoms with Gasteiger partial charge in [0.2, 0.25) is 5.91 Å². The summed E-state index contributed by atoms with van der Waals surface area (Å²) >= 11 is 5.82. The minimum Gasteiger partial charge on any atom is -0.350 e. The largest absolute Gasteiger partial charge is 0.350 e. The molecule has 0 unspecified atom stereocenters. The Labute approximate surface area is 185 Å². The summed E-state index contributed by atoms with van der Waals surface area (Å²) in [6, 6.07) is 11.4. The molecule has 0 radical (unpaired) electrons. The number of benzene rings is 1. The van der Waals surface area contributed by atoms with E-state index < -0.39 is 0 Å². The van der Waals surface area contributed by atoms with Crippen molar-refractivity contribution >= 4 is 17.5 Å². The zero-order chi connectivity index (χ0) is 21.6. The van der Waals surface area contributed by atoms with Gasteiger partial charge in [0.15, 0.2) is 0 Å².